The van der Waals surface area contributed by atoms with E-state index in [-0.39, 0.29) is 18.1 Å². The lowest BCUT2D eigenvalue weighted by Crippen LogP contribution is -1.99. The summed E-state index contributed by atoms with van der Waals surface area (Å²) >= 11 is 0. The number of hydrogen-bond donors (Lipinski definition) is 0. The Bertz CT molecular complexity index is 861. The molecule has 0 aliphatic carbocycles. The molecule has 0 atom stereocenters. The van der Waals surface area contributed by atoms with Gasteiger partial charge in [-0.2, -0.15) is 0 Å². The highest BCUT2D eigenvalue weighted by molar-refractivity contribution is 5.57. The molecule has 2 aromatic heterocycles. The van der Waals surface area contributed by atoms with E-state index in [1.165, 1.54) is 13.2 Å². The van der Waals surface area contributed by atoms with Crippen molar-refractivity contribution in [3.05, 3.63) is 59.5 Å². The normalized spacial score (nSPS) is 10.7. The highest BCUT2D eigenvalue weighted by atomic mass is 19.1. The molecule has 0 saturated carbocycles. The fourth-order valence-corrected chi connectivity index (χ4v) is 2.24. The number of pyridine rings is 1. The van der Waals surface area contributed by atoms with E-state index in [0.29, 0.717) is 23.0 Å². The molecule has 0 unspecified atom stereocenters. The molecule has 0 spiro atoms. The van der Waals surface area contributed by atoms with Crippen molar-refractivity contribution in [2.75, 3.05) is 7.11 Å². The summed E-state index contributed by atoms with van der Waals surface area (Å²) in [4.78, 5) is 8.52. The number of oxazole rings is 1. The molecule has 0 amide bonds. The van der Waals surface area contributed by atoms with E-state index in [1.54, 1.807) is 31.3 Å². The van der Waals surface area contributed by atoms with Gasteiger partial charge >= 0.3 is 0 Å². The topological polar surface area (TPSA) is 57.4 Å². The van der Waals surface area contributed by atoms with Crippen LogP contribution in [0.3, 0.4) is 0 Å². The molecular weight excluding hydrogens is 311 g/mol. The molecule has 2 heterocycles. The van der Waals surface area contributed by atoms with Crippen molar-refractivity contribution >= 4 is 0 Å². The lowest BCUT2D eigenvalue weighted by atomic mass is 10.2. The minimum atomic E-state index is -0.423. The Morgan fingerprint density at radius 1 is 1.21 bits per heavy atom. The Hall–Kier alpha value is -2.89. The van der Waals surface area contributed by atoms with Crippen LogP contribution in [-0.2, 0) is 6.61 Å². The van der Waals surface area contributed by atoms with Gasteiger partial charge in [0, 0.05) is 6.20 Å². The number of aromatic nitrogens is 2. The van der Waals surface area contributed by atoms with Gasteiger partial charge in [0.1, 0.15) is 35.4 Å². The summed E-state index contributed by atoms with van der Waals surface area (Å²) in [5.41, 5.74) is 1.65. The molecule has 1 aromatic carbocycles. The maximum atomic E-state index is 14.0. The third-order valence-electron chi connectivity index (χ3n) is 3.62. The molecule has 24 heavy (non-hydrogen) atoms. The number of aryl methyl sites for hydroxylation is 2. The van der Waals surface area contributed by atoms with Crippen molar-refractivity contribution in [1.82, 2.24) is 9.97 Å². The van der Waals surface area contributed by atoms with Crippen LogP contribution in [0.15, 0.2) is 40.9 Å². The number of hydrogen-bond acceptors (Lipinski definition) is 5. The molecule has 0 N–H and O–H groups in total. The summed E-state index contributed by atoms with van der Waals surface area (Å²) < 4.78 is 30.5. The molecule has 6 heteroatoms. The summed E-state index contributed by atoms with van der Waals surface area (Å²) in [7, 11) is 1.52. The zero-order valence-corrected chi connectivity index (χ0v) is 13.7. The Balaban J connectivity index is 1.84. The molecule has 0 aliphatic rings. The average molecular weight is 328 g/mol. The summed E-state index contributed by atoms with van der Waals surface area (Å²) in [6.45, 7) is 3.85. The monoisotopic (exact) mass is 328 g/mol. The van der Waals surface area contributed by atoms with Crippen LogP contribution in [0.5, 0.6) is 11.5 Å². The molecule has 0 bridgehead atoms. The quantitative estimate of drug-likeness (QED) is 0.706. The number of methoxy groups -OCH3 is 1. The molecule has 0 aliphatic heterocycles. The SMILES string of the molecule is COc1ccc(F)c(-c2nc(COc3cccnc3C)c(C)o2)c1. The van der Waals surface area contributed by atoms with Gasteiger partial charge < -0.3 is 13.9 Å². The van der Waals surface area contributed by atoms with Gasteiger partial charge in [-0.1, -0.05) is 0 Å². The van der Waals surface area contributed by atoms with Gasteiger partial charge in [-0.05, 0) is 44.2 Å². The van der Waals surface area contributed by atoms with E-state index in [0.717, 1.165) is 5.69 Å². The fraction of sp³-hybridized carbons (Fsp3) is 0.222. The van der Waals surface area contributed by atoms with Crippen LogP contribution in [0.2, 0.25) is 0 Å². The summed E-state index contributed by atoms with van der Waals surface area (Å²) in [5, 5.41) is 0. The Labute approximate surface area is 139 Å². The predicted molar refractivity (Wildman–Crippen MR) is 86.5 cm³/mol. The summed E-state index contributed by atoms with van der Waals surface area (Å²) in [6.07, 6.45) is 1.70. The van der Waals surface area contributed by atoms with Crippen LogP contribution in [0, 0.1) is 19.7 Å². The highest BCUT2D eigenvalue weighted by Gasteiger charge is 2.16. The predicted octanol–water partition coefficient (Wildman–Crippen LogP) is 4.08. The van der Waals surface area contributed by atoms with Gasteiger partial charge in [-0.3, -0.25) is 4.98 Å². The van der Waals surface area contributed by atoms with Crippen molar-refractivity contribution in [1.29, 1.82) is 0 Å². The van der Waals surface area contributed by atoms with Crippen LogP contribution in [-0.4, -0.2) is 17.1 Å². The smallest absolute Gasteiger partial charge is 0.229 e. The largest absolute Gasteiger partial charge is 0.497 e. The van der Waals surface area contributed by atoms with Gasteiger partial charge in [0.05, 0.1) is 18.4 Å². The third-order valence-corrected chi connectivity index (χ3v) is 3.62. The number of rotatable bonds is 5. The van der Waals surface area contributed by atoms with Crippen molar-refractivity contribution in [2.24, 2.45) is 0 Å². The molecule has 124 valence electrons. The number of halogens is 1. The van der Waals surface area contributed by atoms with Gasteiger partial charge in [-0.15, -0.1) is 0 Å². The second kappa shape index (κ2) is 6.70. The van der Waals surface area contributed by atoms with Gasteiger partial charge in [-0.25, -0.2) is 9.37 Å². The number of ether oxygens (including phenoxy) is 2. The second-order valence-electron chi connectivity index (χ2n) is 5.24. The maximum Gasteiger partial charge on any atom is 0.229 e. The van der Waals surface area contributed by atoms with Gasteiger partial charge in [0.15, 0.2) is 0 Å². The lowest BCUT2D eigenvalue weighted by molar-refractivity contribution is 0.296. The Morgan fingerprint density at radius 2 is 2.04 bits per heavy atom. The maximum absolute atomic E-state index is 14.0. The molecule has 0 radical (unpaired) electrons. The van der Waals surface area contributed by atoms with Crippen LogP contribution in [0.4, 0.5) is 4.39 Å². The zero-order chi connectivity index (χ0) is 17.1. The first-order valence-corrected chi connectivity index (χ1v) is 7.43. The van der Waals surface area contributed by atoms with Crippen LogP contribution in [0.1, 0.15) is 17.1 Å². The van der Waals surface area contributed by atoms with Gasteiger partial charge in [0.25, 0.3) is 0 Å². The van der Waals surface area contributed by atoms with E-state index in [9.17, 15) is 4.39 Å². The Kier molecular flexibility index (Phi) is 4.46. The minimum Gasteiger partial charge on any atom is -0.497 e. The van der Waals surface area contributed by atoms with E-state index >= 15 is 0 Å². The van der Waals surface area contributed by atoms with Crippen molar-refractivity contribution in [3.63, 3.8) is 0 Å². The van der Waals surface area contributed by atoms with E-state index in [1.807, 2.05) is 13.0 Å². The van der Waals surface area contributed by atoms with E-state index in [2.05, 4.69) is 9.97 Å². The average Bonchev–Trinajstić information content (AvgIpc) is 2.95. The van der Waals surface area contributed by atoms with Crippen LogP contribution in [0.25, 0.3) is 11.5 Å². The second-order valence-corrected chi connectivity index (χ2v) is 5.24. The Morgan fingerprint density at radius 3 is 2.79 bits per heavy atom. The summed E-state index contributed by atoms with van der Waals surface area (Å²) in [5.74, 6) is 1.56. The highest BCUT2D eigenvalue weighted by Crippen LogP contribution is 2.28. The molecular formula is C18H17FN2O3. The zero-order valence-electron chi connectivity index (χ0n) is 13.7. The van der Waals surface area contributed by atoms with Crippen LogP contribution < -0.4 is 9.47 Å². The standard InChI is InChI=1S/C18H17FN2O3/c1-11-17(5-4-8-20-11)23-10-16-12(2)24-18(21-16)14-9-13(22-3)6-7-15(14)19/h4-9H,10H2,1-3H3. The minimum absolute atomic E-state index is 0.199. The number of nitrogens with zero attached hydrogens (tertiary/aromatic N) is 2. The van der Waals surface area contributed by atoms with Crippen molar-refractivity contribution in [2.45, 2.75) is 20.5 Å². The molecule has 3 rings (SSSR count). The third kappa shape index (κ3) is 3.22. The first kappa shape index (κ1) is 16.0. The molecule has 3 aromatic rings. The molecule has 0 fully saturated rings. The first-order chi connectivity index (χ1) is 11.6. The van der Waals surface area contributed by atoms with Crippen LogP contribution >= 0.6 is 0 Å². The lowest BCUT2D eigenvalue weighted by Gasteiger charge is -2.06. The molecule has 0 saturated heterocycles. The van der Waals surface area contributed by atoms with E-state index < -0.39 is 5.82 Å². The molecule has 5 nitrogen and oxygen atoms in total. The first-order valence-electron chi connectivity index (χ1n) is 7.43. The van der Waals surface area contributed by atoms with E-state index in [4.69, 9.17) is 13.9 Å². The van der Waals surface area contributed by atoms with Crippen molar-refractivity contribution in [3.8, 4) is 23.0 Å². The number of benzene rings is 1. The fourth-order valence-electron chi connectivity index (χ4n) is 2.24. The van der Waals surface area contributed by atoms with Crippen molar-refractivity contribution < 1.29 is 18.3 Å². The summed E-state index contributed by atoms with van der Waals surface area (Å²) in [6, 6.07) is 8.05. The van der Waals surface area contributed by atoms with Gasteiger partial charge in [0.2, 0.25) is 5.89 Å².